The van der Waals surface area contributed by atoms with Gasteiger partial charge in [-0.2, -0.15) is 13.2 Å². The van der Waals surface area contributed by atoms with E-state index in [9.17, 15) is 13.2 Å². The van der Waals surface area contributed by atoms with Gasteiger partial charge in [-0.05, 0) is 37.4 Å². The Morgan fingerprint density at radius 3 is 2.29 bits per heavy atom. The Balaban J connectivity index is 1.83. The number of rotatable bonds is 3. The number of piperidine rings is 2. The van der Waals surface area contributed by atoms with E-state index in [0.29, 0.717) is 18.6 Å². The Kier molecular flexibility index (Phi) is 4.26. The van der Waals surface area contributed by atoms with Crippen molar-refractivity contribution in [2.45, 2.75) is 55.7 Å². The lowest BCUT2D eigenvalue weighted by Gasteiger charge is -2.48. The van der Waals surface area contributed by atoms with Gasteiger partial charge in [0.2, 0.25) is 0 Å². The molecular formula is C11H19F3N2S. The molecule has 6 heteroatoms. The molecule has 17 heavy (non-hydrogen) atoms. The standard InChI is InChI=1S/C11H19F3N2S/c12-11(13,14)17-5-4-16-9-2-1-3-10(16)7-8(15)6-9/h8-10H,1-7,15H2. The average molecular weight is 268 g/mol. The topological polar surface area (TPSA) is 29.3 Å². The van der Waals surface area contributed by atoms with E-state index in [2.05, 4.69) is 4.90 Å². The first kappa shape index (κ1) is 13.5. The number of hydrogen-bond acceptors (Lipinski definition) is 3. The van der Waals surface area contributed by atoms with Crippen LogP contribution < -0.4 is 5.73 Å². The van der Waals surface area contributed by atoms with Gasteiger partial charge in [-0.3, -0.25) is 4.90 Å². The summed E-state index contributed by atoms with van der Waals surface area (Å²) in [5.41, 5.74) is 1.88. The highest BCUT2D eigenvalue weighted by Gasteiger charge is 2.37. The van der Waals surface area contributed by atoms with Gasteiger partial charge in [0.15, 0.2) is 0 Å². The summed E-state index contributed by atoms with van der Waals surface area (Å²) < 4.78 is 36.3. The van der Waals surface area contributed by atoms with E-state index in [1.165, 1.54) is 6.42 Å². The van der Waals surface area contributed by atoms with Gasteiger partial charge in [-0.15, -0.1) is 0 Å². The Labute approximate surface area is 104 Å². The number of hydrogen-bond donors (Lipinski definition) is 1. The molecular weight excluding hydrogens is 249 g/mol. The van der Waals surface area contributed by atoms with E-state index in [-0.39, 0.29) is 23.6 Å². The Hall–Kier alpha value is 0.0600. The fourth-order valence-corrected chi connectivity index (χ4v) is 3.69. The highest BCUT2D eigenvalue weighted by Crippen LogP contribution is 2.35. The highest BCUT2D eigenvalue weighted by molar-refractivity contribution is 8.00. The number of fused-ring (bicyclic) bond motifs is 2. The molecule has 0 amide bonds. The first-order valence-electron chi connectivity index (χ1n) is 6.18. The first-order chi connectivity index (χ1) is 7.96. The van der Waals surface area contributed by atoms with Gasteiger partial charge < -0.3 is 5.73 Å². The normalized spacial score (nSPS) is 34.9. The van der Waals surface area contributed by atoms with Gasteiger partial charge in [0.1, 0.15) is 0 Å². The minimum atomic E-state index is -4.10. The van der Waals surface area contributed by atoms with Gasteiger partial charge >= 0.3 is 5.51 Å². The molecule has 100 valence electrons. The maximum absolute atomic E-state index is 12.1. The molecule has 2 heterocycles. The third-order valence-corrected chi connectivity index (χ3v) is 4.49. The minimum Gasteiger partial charge on any atom is -0.328 e. The molecule has 2 bridgehead atoms. The molecule has 2 unspecified atom stereocenters. The van der Waals surface area contributed by atoms with Crippen LogP contribution in [0.4, 0.5) is 13.2 Å². The van der Waals surface area contributed by atoms with Crippen LogP contribution in [0.15, 0.2) is 0 Å². The SMILES string of the molecule is NC1CC2CCCC(C1)N2CCSC(F)(F)F. The maximum atomic E-state index is 12.1. The van der Waals surface area contributed by atoms with E-state index in [0.717, 1.165) is 25.7 Å². The second-order valence-electron chi connectivity index (χ2n) is 5.00. The summed E-state index contributed by atoms with van der Waals surface area (Å²) >= 11 is 0.0938. The largest absolute Gasteiger partial charge is 0.441 e. The summed E-state index contributed by atoms with van der Waals surface area (Å²) in [5, 5.41) is 0. The molecule has 2 N–H and O–H groups in total. The zero-order chi connectivity index (χ0) is 12.5. The van der Waals surface area contributed by atoms with E-state index < -0.39 is 5.51 Å². The fraction of sp³-hybridized carbons (Fsp3) is 1.00. The third kappa shape index (κ3) is 3.76. The van der Waals surface area contributed by atoms with Crippen LogP contribution in [0, 0.1) is 0 Å². The summed E-state index contributed by atoms with van der Waals surface area (Å²) in [6, 6.07) is 1.09. The van der Waals surface area contributed by atoms with Crippen LogP contribution in [0.25, 0.3) is 0 Å². The van der Waals surface area contributed by atoms with Gasteiger partial charge in [0.25, 0.3) is 0 Å². The molecule has 0 aromatic rings. The van der Waals surface area contributed by atoms with Crippen molar-refractivity contribution < 1.29 is 13.2 Å². The maximum Gasteiger partial charge on any atom is 0.441 e. The summed E-state index contributed by atoms with van der Waals surface area (Å²) in [5.74, 6) is 0.145. The smallest absolute Gasteiger partial charge is 0.328 e. The third-order valence-electron chi connectivity index (χ3n) is 3.78. The van der Waals surface area contributed by atoms with Crippen molar-refractivity contribution in [2.24, 2.45) is 5.73 Å². The van der Waals surface area contributed by atoms with Crippen LogP contribution in [0.2, 0.25) is 0 Å². The van der Waals surface area contributed by atoms with Crippen molar-refractivity contribution >= 4 is 11.8 Å². The monoisotopic (exact) mass is 268 g/mol. The van der Waals surface area contributed by atoms with Gasteiger partial charge in [-0.1, -0.05) is 6.42 Å². The van der Waals surface area contributed by atoms with Crippen molar-refractivity contribution in [3.05, 3.63) is 0 Å². The Morgan fingerprint density at radius 1 is 1.18 bits per heavy atom. The fourth-order valence-electron chi connectivity index (χ4n) is 3.15. The minimum absolute atomic E-state index is 0.0938. The molecule has 2 atom stereocenters. The number of thioether (sulfide) groups is 1. The van der Waals surface area contributed by atoms with Gasteiger partial charge in [0.05, 0.1) is 0 Å². The number of nitrogens with zero attached hydrogens (tertiary/aromatic N) is 1. The molecule has 0 radical (unpaired) electrons. The van der Waals surface area contributed by atoms with Crippen molar-refractivity contribution in [3.63, 3.8) is 0 Å². The number of alkyl halides is 3. The van der Waals surface area contributed by atoms with Crippen LogP contribution in [-0.4, -0.2) is 40.8 Å². The van der Waals surface area contributed by atoms with E-state index >= 15 is 0 Å². The quantitative estimate of drug-likeness (QED) is 0.853. The summed E-state index contributed by atoms with van der Waals surface area (Å²) in [6.45, 7) is 0.548. The molecule has 0 saturated carbocycles. The second kappa shape index (κ2) is 5.36. The first-order valence-corrected chi connectivity index (χ1v) is 7.16. The molecule has 0 aliphatic carbocycles. The average Bonchev–Trinajstić information content (AvgIpc) is 2.17. The van der Waals surface area contributed by atoms with Crippen LogP contribution >= 0.6 is 11.8 Å². The Morgan fingerprint density at radius 2 is 1.76 bits per heavy atom. The van der Waals surface area contributed by atoms with Crippen LogP contribution in [0.3, 0.4) is 0 Å². The number of nitrogens with two attached hydrogens (primary N) is 1. The van der Waals surface area contributed by atoms with Crippen LogP contribution in [0.5, 0.6) is 0 Å². The molecule has 2 fully saturated rings. The van der Waals surface area contributed by atoms with E-state index in [1.807, 2.05) is 0 Å². The lowest BCUT2D eigenvalue weighted by atomic mass is 9.82. The van der Waals surface area contributed by atoms with Crippen molar-refractivity contribution in [2.75, 3.05) is 12.3 Å². The zero-order valence-electron chi connectivity index (χ0n) is 9.75. The molecule has 2 aliphatic rings. The summed E-state index contributed by atoms with van der Waals surface area (Å²) in [7, 11) is 0. The van der Waals surface area contributed by atoms with Gasteiger partial charge in [-0.25, -0.2) is 0 Å². The molecule has 2 rings (SSSR count). The van der Waals surface area contributed by atoms with E-state index in [1.54, 1.807) is 0 Å². The predicted octanol–water partition coefficient (Wildman–Crippen LogP) is 2.58. The molecule has 2 saturated heterocycles. The molecule has 0 aromatic carbocycles. The highest BCUT2D eigenvalue weighted by atomic mass is 32.2. The lowest BCUT2D eigenvalue weighted by Crippen LogP contribution is -2.55. The molecule has 0 spiro atoms. The van der Waals surface area contributed by atoms with E-state index in [4.69, 9.17) is 5.73 Å². The molecule has 2 aliphatic heterocycles. The predicted molar refractivity (Wildman–Crippen MR) is 63.9 cm³/mol. The zero-order valence-corrected chi connectivity index (χ0v) is 10.6. The molecule has 2 nitrogen and oxygen atoms in total. The van der Waals surface area contributed by atoms with Crippen molar-refractivity contribution in [1.82, 2.24) is 4.90 Å². The van der Waals surface area contributed by atoms with Crippen LogP contribution in [-0.2, 0) is 0 Å². The summed E-state index contributed by atoms with van der Waals surface area (Å²) in [4.78, 5) is 2.27. The molecule has 0 aromatic heterocycles. The van der Waals surface area contributed by atoms with Crippen molar-refractivity contribution in [3.8, 4) is 0 Å². The van der Waals surface area contributed by atoms with Crippen LogP contribution in [0.1, 0.15) is 32.1 Å². The summed E-state index contributed by atoms with van der Waals surface area (Å²) in [6.07, 6.45) is 5.30. The number of halogens is 3. The lowest BCUT2D eigenvalue weighted by molar-refractivity contribution is -0.0333. The van der Waals surface area contributed by atoms with Gasteiger partial charge in [0, 0.05) is 30.4 Å². The second-order valence-corrected chi connectivity index (χ2v) is 6.16. The Bertz CT molecular complexity index is 246. The van der Waals surface area contributed by atoms with Crippen molar-refractivity contribution in [1.29, 1.82) is 0 Å².